The Balaban J connectivity index is 0.00000242. The van der Waals surface area contributed by atoms with Crippen molar-refractivity contribution in [3.63, 3.8) is 0 Å². The molecule has 0 saturated carbocycles. The van der Waals surface area contributed by atoms with Gasteiger partial charge < -0.3 is 4.74 Å². The standard InChI is InChI=1S/C19H21O2.Y/c1-6-16-10-14(4)18(15(5)11-16)19(20)21-17-8-12(2)7-13(3)9-17;/h8-11H,6H2,1-5H3;/q-1;. The van der Waals surface area contributed by atoms with Crippen LogP contribution in [0.25, 0.3) is 0 Å². The molecule has 0 unspecified atom stereocenters. The summed E-state index contributed by atoms with van der Waals surface area (Å²) < 4.78 is 5.54. The summed E-state index contributed by atoms with van der Waals surface area (Å²) in [7, 11) is 0. The molecule has 0 aliphatic carbocycles. The minimum Gasteiger partial charge on any atom is -0.450 e. The van der Waals surface area contributed by atoms with E-state index in [0.717, 1.165) is 28.7 Å². The van der Waals surface area contributed by atoms with Gasteiger partial charge in [0.15, 0.2) is 0 Å². The minimum absolute atomic E-state index is 0. The summed E-state index contributed by atoms with van der Waals surface area (Å²) in [6.07, 6.45) is 0.962. The van der Waals surface area contributed by atoms with Gasteiger partial charge in [0.1, 0.15) is 0 Å². The average molecular weight is 370 g/mol. The molecule has 22 heavy (non-hydrogen) atoms. The normalized spacial score (nSPS) is 10.0. The van der Waals surface area contributed by atoms with E-state index < -0.39 is 0 Å². The molecule has 0 spiro atoms. The van der Waals surface area contributed by atoms with Crippen molar-refractivity contribution in [2.75, 3.05) is 0 Å². The molecule has 3 heteroatoms. The van der Waals surface area contributed by atoms with Crippen molar-refractivity contribution in [1.29, 1.82) is 0 Å². The van der Waals surface area contributed by atoms with Gasteiger partial charge in [0.2, 0.25) is 0 Å². The van der Waals surface area contributed by atoms with E-state index in [1.807, 2.05) is 39.8 Å². The van der Waals surface area contributed by atoms with Crippen molar-refractivity contribution < 1.29 is 42.2 Å². The Kier molecular flexibility index (Phi) is 6.96. The first-order valence-electron chi connectivity index (χ1n) is 7.23. The summed E-state index contributed by atoms with van der Waals surface area (Å²) in [6.45, 7) is 9.90. The average Bonchev–Trinajstić information content (AvgIpc) is 2.36. The van der Waals surface area contributed by atoms with E-state index in [4.69, 9.17) is 4.74 Å². The Morgan fingerprint density at radius 2 is 1.50 bits per heavy atom. The van der Waals surface area contributed by atoms with Crippen LogP contribution in [0, 0.1) is 33.8 Å². The van der Waals surface area contributed by atoms with Crippen LogP contribution in [0.2, 0.25) is 0 Å². The Hall–Kier alpha value is -0.986. The second-order valence-corrected chi connectivity index (χ2v) is 5.53. The summed E-state index contributed by atoms with van der Waals surface area (Å²) >= 11 is 0. The summed E-state index contributed by atoms with van der Waals surface area (Å²) in [6, 6.07) is 10.9. The molecule has 2 aromatic rings. The van der Waals surface area contributed by atoms with Crippen molar-refractivity contribution in [2.45, 2.75) is 41.0 Å². The van der Waals surface area contributed by atoms with E-state index in [2.05, 4.69) is 25.1 Å². The van der Waals surface area contributed by atoms with Gasteiger partial charge in [-0.25, -0.2) is 4.79 Å². The molecule has 0 saturated heterocycles. The van der Waals surface area contributed by atoms with Crippen LogP contribution in [0.5, 0.6) is 5.75 Å². The molecule has 113 valence electrons. The van der Waals surface area contributed by atoms with Gasteiger partial charge in [0.05, 0.1) is 5.56 Å². The molecular formula is C19H21O2Y-. The maximum absolute atomic E-state index is 12.4. The smallest absolute Gasteiger partial charge is 0.342 e. The number of ether oxygens (including phenoxy) is 1. The number of hydrogen-bond acceptors (Lipinski definition) is 2. The van der Waals surface area contributed by atoms with Gasteiger partial charge in [-0.1, -0.05) is 32.9 Å². The van der Waals surface area contributed by atoms with Crippen LogP contribution in [0.3, 0.4) is 0 Å². The predicted octanol–water partition coefficient (Wildman–Crippen LogP) is 4.50. The van der Waals surface area contributed by atoms with E-state index >= 15 is 0 Å². The molecule has 2 nitrogen and oxygen atoms in total. The van der Waals surface area contributed by atoms with Crippen molar-refractivity contribution in [2.24, 2.45) is 0 Å². The Morgan fingerprint density at radius 3 is 1.95 bits per heavy atom. The zero-order chi connectivity index (χ0) is 15.6. The van der Waals surface area contributed by atoms with Gasteiger partial charge in [0, 0.05) is 38.5 Å². The van der Waals surface area contributed by atoms with Crippen LogP contribution < -0.4 is 4.74 Å². The number of hydrogen-bond donors (Lipinski definition) is 0. The largest absolute Gasteiger partial charge is 0.450 e. The van der Waals surface area contributed by atoms with Gasteiger partial charge in [-0.15, -0.1) is 12.1 Å². The molecule has 0 bridgehead atoms. The van der Waals surface area contributed by atoms with Gasteiger partial charge in [-0.2, -0.15) is 17.2 Å². The van der Waals surface area contributed by atoms with Crippen molar-refractivity contribution in [1.82, 2.24) is 0 Å². The molecule has 0 fully saturated rings. The number of rotatable bonds is 3. The van der Waals surface area contributed by atoms with Crippen LogP contribution >= 0.6 is 0 Å². The summed E-state index contributed by atoms with van der Waals surface area (Å²) in [5.74, 6) is 0.282. The van der Waals surface area contributed by atoms with E-state index in [-0.39, 0.29) is 38.7 Å². The fraction of sp³-hybridized carbons (Fsp3) is 0.316. The van der Waals surface area contributed by atoms with Crippen LogP contribution in [-0.4, -0.2) is 5.97 Å². The molecule has 2 aromatic carbocycles. The number of benzene rings is 2. The predicted molar refractivity (Wildman–Crippen MR) is 85.0 cm³/mol. The van der Waals surface area contributed by atoms with E-state index in [0.29, 0.717) is 11.3 Å². The van der Waals surface area contributed by atoms with Crippen molar-refractivity contribution in [3.8, 4) is 5.75 Å². The summed E-state index contributed by atoms with van der Waals surface area (Å²) in [5, 5.41) is 0. The van der Waals surface area contributed by atoms with Gasteiger partial charge in [-0.3, -0.25) is 0 Å². The molecule has 0 aliphatic rings. The molecule has 0 heterocycles. The molecular weight excluding hydrogens is 349 g/mol. The summed E-state index contributed by atoms with van der Waals surface area (Å²) in [4.78, 5) is 12.4. The molecule has 1 radical (unpaired) electrons. The number of carbonyl (C=O) groups is 1. The first-order valence-corrected chi connectivity index (χ1v) is 7.23. The number of carbonyl (C=O) groups excluding carboxylic acids is 1. The quantitative estimate of drug-likeness (QED) is 0.452. The molecule has 0 N–H and O–H groups in total. The van der Waals surface area contributed by atoms with Crippen molar-refractivity contribution in [3.05, 3.63) is 63.7 Å². The monoisotopic (exact) mass is 370 g/mol. The fourth-order valence-electron chi connectivity index (χ4n) is 2.65. The van der Waals surface area contributed by atoms with Crippen LogP contribution in [-0.2, 0) is 39.1 Å². The van der Waals surface area contributed by atoms with Gasteiger partial charge >= 0.3 is 5.97 Å². The molecule has 0 atom stereocenters. The zero-order valence-corrected chi connectivity index (χ0v) is 16.7. The topological polar surface area (TPSA) is 26.3 Å². The third kappa shape index (κ3) is 4.50. The van der Waals surface area contributed by atoms with Crippen LogP contribution in [0.4, 0.5) is 0 Å². The second kappa shape index (κ2) is 8.03. The Morgan fingerprint density at radius 1 is 1.00 bits per heavy atom. The summed E-state index contributed by atoms with van der Waals surface area (Å²) in [5.41, 5.74) is 5.76. The van der Waals surface area contributed by atoms with Crippen LogP contribution in [0.15, 0.2) is 24.3 Å². The van der Waals surface area contributed by atoms with E-state index in [1.165, 1.54) is 5.56 Å². The van der Waals surface area contributed by atoms with Crippen LogP contribution in [0.1, 0.15) is 45.1 Å². The van der Waals surface area contributed by atoms with Gasteiger partial charge in [0.25, 0.3) is 0 Å². The Bertz CT molecular complexity index is 647. The molecule has 0 amide bonds. The molecule has 0 aliphatic heterocycles. The third-order valence-corrected chi connectivity index (χ3v) is 3.53. The zero-order valence-electron chi connectivity index (χ0n) is 13.9. The number of aryl methyl sites for hydroxylation is 5. The van der Waals surface area contributed by atoms with E-state index in [1.54, 1.807) is 0 Å². The SMILES string of the molecule is CCc1cc(C)c(C(=O)Oc2cc(C)[c-]c(C)c2)c(C)c1.[Y]. The molecule has 0 aromatic heterocycles. The Labute approximate surface area is 158 Å². The van der Waals surface area contributed by atoms with E-state index in [9.17, 15) is 4.79 Å². The first-order chi connectivity index (χ1) is 9.90. The third-order valence-electron chi connectivity index (χ3n) is 3.53. The first kappa shape index (κ1) is 19.1. The fourth-order valence-corrected chi connectivity index (χ4v) is 2.65. The molecule has 2 rings (SSSR count). The maximum atomic E-state index is 12.4. The van der Waals surface area contributed by atoms with Crippen molar-refractivity contribution >= 4 is 5.97 Å². The maximum Gasteiger partial charge on any atom is 0.342 e. The second-order valence-electron chi connectivity index (χ2n) is 5.53. The minimum atomic E-state index is -0.294. The van der Waals surface area contributed by atoms with Gasteiger partial charge in [-0.05, 0) is 37.0 Å². The number of esters is 1.